The summed E-state index contributed by atoms with van der Waals surface area (Å²) >= 11 is 12.7. The van der Waals surface area contributed by atoms with Crippen LogP contribution < -0.4 is 19.1 Å². The highest BCUT2D eigenvalue weighted by atomic mass is 35.5. The van der Waals surface area contributed by atoms with Gasteiger partial charge in [0.05, 0.1) is 10.6 Å². The average Bonchev–Trinajstić information content (AvgIpc) is 3.05. The number of sulfonamides is 1. The van der Waals surface area contributed by atoms with E-state index >= 15 is 0 Å². The molecule has 45 heavy (non-hydrogen) atoms. The third kappa shape index (κ3) is 7.85. The van der Waals surface area contributed by atoms with Crippen molar-refractivity contribution in [3.63, 3.8) is 0 Å². The van der Waals surface area contributed by atoms with Crippen molar-refractivity contribution in [1.29, 1.82) is 0 Å². The lowest BCUT2D eigenvalue weighted by Crippen LogP contribution is -2.54. The first-order chi connectivity index (χ1) is 21.7. The van der Waals surface area contributed by atoms with Crippen molar-refractivity contribution in [3.05, 3.63) is 82.3 Å². The Labute approximate surface area is 274 Å². The van der Waals surface area contributed by atoms with Crippen LogP contribution in [-0.2, 0) is 26.2 Å². The molecule has 1 heterocycles. The molecule has 240 valence electrons. The molecule has 0 aromatic heterocycles. The van der Waals surface area contributed by atoms with Gasteiger partial charge in [0.2, 0.25) is 11.8 Å². The summed E-state index contributed by atoms with van der Waals surface area (Å²) in [5.41, 5.74) is 0.802. The molecule has 0 saturated heterocycles. The Morgan fingerprint density at radius 2 is 1.64 bits per heavy atom. The third-order valence-electron chi connectivity index (χ3n) is 8.12. The summed E-state index contributed by atoms with van der Waals surface area (Å²) in [6.45, 7) is 1.92. The molecule has 1 N–H and O–H groups in total. The normalized spacial score (nSPS) is 15.6. The first-order valence-electron chi connectivity index (χ1n) is 15.2. The minimum atomic E-state index is -4.23. The van der Waals surface area contributed by atoms with Crippen LogP contribution in [-0.4, -0.2) is 57.0 Å². The quantitative estimate of drug-likeness (QED) is 0.259. The molecule has 2 aliphatic rings. The minimum Gasteiger partial charge on any atom is -0.486 e. The molecule has 1 fully saturated rings. The maximum absolute atomic E-state index is 14.4. The fourth-order valence-corrected chi connectivity index (χ4v) is 7.63. The number of hydrogen-bond donors (Lipinski definition) is 1. The number of amides is 2. The van der Waals surface area contributed by atoms with Gasteiger partial charge in [0.1, 0.15) is 25.8 Å². The average molecular weight is 675 g/mol. The van der Waals surface area contributed by atoms with Gasteiger partial charge < -0.3 is 19.7 Å². The van der Waals surface area contributed by atoms with E-state index in [-0.39, 0.29) is 29.1 Å². The van der Waals surface area contributed by atoms with Crippen molar-refractivity contribution in [2.75, 3.05) is 24.1 Å². The van der Waals surface area contributed by atoms with E-state index < -0.39 is 28.5 Å². The number of anilines is 1. The van der Waals surface area contributed by atoms with Gasteiger partial charge in [0.25, 0.3) is 10.0 Å². The van der Waals surface area contributed by atoms with E-state index in [9.17, 15) is 18.0 Å². The number of ether oxygens (including phenoxy) is 2. The van der Waals surface area contributed by atoms with Gasteiger partial charge in [-0.05, 0) is 61.2 Å². The molecule has 9 nitrogen and oxygen atoms in total. The summed E-state index contributed by atoms with van der Waals surface area (Å²) in [6.07, 6.45) is 5.28. The molecule has 1 saturated carbocycles. The SMILES string of the molecule is CC[C@@H](C(=O)NC1CCCCC1)N(Cc1ccc(Cl)cc1Cl)C(=O)CN(c1ccc2c(c1)OCCO2)S(=O)(=O)c1ccccc1. The van der Waals surface area contributed by atoms with Crippen molar-refractivity contribution in [1.82, 2.24) is 10.2 Å². The van der Waals surface area contributed by atoms with Gasteiger partial charge in [-0.2, -0.15) is 0 Å². The number of halogens is 2. The van der Waals surface area contributed by atoms with Crippen molar-refractivity contribution < 1.29 is 27.5 Å². The molecule has 1 atom stereocenters. The van der Waals surface area contributed by atoms with Gasteiger partial charge in [-0.3, -0.25) is 13.9 Å². The molecule has 2 amide bonds. The Balaban J connectivity index is 1.52. The highest BCUT2D eigenvalue weighted by Gasteiger charge is 2.35. The van der Waals surface area contributed by atoms with E-state index in [1.165, 1.54) is 17.0 Å². The first-order valence-corrected chi connectivity index (χ1v) is 17.4. The Bertz CT molecular complexity index is 1620. The fourth-order valence-electron chi connectivity index (χ4n) is 5.73. The van der Waals surface area contributed by atoms with E-state index in [4.69, 9.17) is 32.7 Å². The van der Waals surface area contributed by atoms with E-state index in [0.717, 1.165) is 36.4 Å². The smallest absolute Gasteiger partial charge is 0.264 e. The number of carbonyl (C=O) groups excluding carboxylic acids is 2. The van der Waals surface area contributed by atoms with E-state index in [1.807, 2.05) is 6.92 Å². The highest BCUT2D eigenvalue weighted by Crippen LogP contribution is 2.36. The summed E-state index contributed by atoms with van der Waals surface area (Å²) in [6, 6.07) is 16.8. The summed E-state index contributed by atoms with van der Waals surface area (Å²) in [7, 11) is -4.23. The molecule has 1 aliphatic carbocycles. The number of nitrogens with one attached hydrogen (secondary N) is 1. The number of fused-ring (bicyclic) bond motifs is 1. The lowest BCUT2D eigenvalue weighted by atomic mass is 9.95. The Morgan fingerprint density at radius 3 is 2.33 bits per heavy atom. The Morgan fingerprint density at radius 1 is 0.933 bits per heavy atom. The minimum absolute atomic E-state index is 0.0158. The molecule has 5 rings (SSSR count). The van der Waals surface area contributed by atoms with Gasteiger partial charge in [0.15, 0.2) is 11.5 Å². The summed E-state index contributed by atoms with van der Waals surface area (Å²) in [5, 5.41) is 3.91. The molecule has 0 unspecified atom stereocenters. The van der Waals surface area contributed by atoms with Crippen LogP contribution in [0.3, 0.4) is 0 Å². The number of hydrogen-bond acceptors (Lipinski definition) is 6. The van der Waals surface area contributed by atoms with Gasteiger partial charge in [-0.1, -0.05) is 73.7 Å². The topological polar surface area (TPSA) is 105 Å². The Kier molecular flexibility index (Phi) is 10.8. The monoisotopic (exact) mass is 673 g/mol. The maximum Gasteiger partial charge on any atom is 0.264 e. The number of benzene rings is 3. The predicted molar refractivity (Wildman–Crippen MR) is 175 cm³/mol. The zero-order chi connectivity index (χ0) is 32.0. The van der Waals surface area contributed by atoms with Crippen LogP contribution in [0.15, 0.2) is 71.6 Å². The first kappa shape index (κ1) is 32.9. The van der Waals surface area contributed by atoms with Crippen LogP contribution in [0.1, 0.15) is 51.0 Å². The van der Waals surface area contributed by atoms with Gasteiger partial charge in [-0.25, -0.2) is 8.42 Å². The molecule has 1 aliphatic heterocycles. The second kappa shape index (κ2) is 14.7. The van der Waals surface area contributed by atoms with Crippen molar-refractivity contribution in [2.24, 2.45) is 0 Å². The summed E-state index contributed by atoms with van der Waals surface area (Å²) in [4.78, 5) is 29.6. The highest BCUT2D eigenvalue weighted by molar-refractivity contribution is 7.92. The molecular formula is C33H37Cl2N3O6S. The largest absolute Gasteiger partial charge is 0.486 e. The number of carbonyl (C=O) groups is 2. The van der Waals surface area contributed by atoms with E-state index in [1.54, 1.807) is 54.6 Å². The van der Waals surface area contributed by atoms with Crippen LogP contribution in [0.2, 0.25) is 10.0 Å². The summed E-state index contributed by atoms with van der Waals surface area (Å²) in [5.74, 6) is 0.0149. The molecule has 3 aromatic carbocycles. The van der Waals surface area contributed by atoms with Crippen LogP contribution >= 0.6 is 23.2 Å². The zero-order valence-corrected chi connectivity index (χ0v) is 27.4. The molecule has 0 radical (unpaired) electrons. The van der Waals surface area contributed by atoms with Crippen LogP contribution in [0.25, 0.3) is 0 Å². The number of nitrogens with zero attached hydrogens (tertiary/aromatic N) is 2. The van der Waals surface area contributed by atoms with Gasteiger partial charge in [-0.15, -0.1) is 0 Å². The van der Waals surface area contributed by atoms with Crippen LogP contribution in [0, 0.1) is 0 Å². The Hall–Kier alpha value is -3.47. The van der Waals surface area contributed by atoms with Crippen LogP contribution in [0.4, 0.5) is 5.69 Å². The second-order valence-electron chi connectivity index (χ2n) is 11.2. The lowest BCUT2D eigenvalue weighted by molar-refractivity contribution is -0.140. The lowest BCUT2D eigenvalue weighted by Gasteiger charge is -2.34. The molecule has 12 heteroatoms. The summed E-state index contributed by atoms with van der Waals surface area (Å²) < 4.78 is 40.6. The van der Waals surface area contributed by atoms with E-state index in [0.29, 0.717) is 46.7 Å². The predicted octanol–water partition coefficient (Wildman–Crippen LogP) is 6.22. The molecular weight excluding hydrogens is 637 g/mol. The standard InChI is InChI=1S/C33H37Cl2N3O6S/c1-2-29(33(40)36-25-9-5-3-6-10-25)37(21-23-13-14-24(34)19-28(23)35)32(39)22-38(45(41,42)27-11-7-4-8-12-27)26-15-16-30-31(20-26)44-18-17-43-30/h4,7-8,11-16,19-20,25,29H,2-3,5-6,9-10,17-18,21-22H2,1H3,(H,36,40)/t29-/m0/s1. The fraction of sp³-hybridized carbons (Fsp3) is 0.394. The van der Waals surface area contributed by atoms with E-state index in [2.05, 4.69) is 5.32 Å². The maximum atomic E-state index is 14.4. The third-order valence-corrected chi connectivity index (χ3v) is 10.5. The second-order valence-corrected chi connectivity index (χ2v) is 13.9. The van der Waals surface area contributed by atoms with Crippen molar-refractivity contribution >= 4 is 50.7 Å². The van der Waals surface area contributed by atoms with Gasteiger partial charge in [0, 0.05) is 28.7 Å². The van der Waals surface area contributed by atoms with Gasteiger partial charge >= 0.3 is 0 Å². The number of rotatable bonds is 11. The molecule has 0 spiro atoms. The van der Waals surface area contributed by atoms with Crippen molar-refractivity contribution in [3.8, 4) is 11.5 Å². The zero-order valence-electron chi connectivity index (χ0n) is 25.1. The van der Waals surface area contributed by atoms with Crippen molar-refractivity contribution in [2.45, 2.75) is 69.0 Å². The molecule has 3 aromatic rings. The van der Waals surface area contributed by atoms with Crippen LogP contribution in [0.5, 0.6) is 11.5 Å². The molecule has 0 bridgehead atoms.